The average molecular weight is 257 g/mol. The summed E-state index contributed by atoms with van der Waals surface area (Å²) in [5, 5.41) is 2.71. The van der Waals surface area contributed by atoms with Crippen molar-refractivity contribution in [2.24, 2.45) is 5.92 Å². The van der Waals surface area contributed by atoms with Crippen LogP contribution in [0.3, 0.4) is 0 Å². The van der Waals surface area contributed by atoms with E-state index in [2.05, 4.69) is 5.32 Å². The molecule has 1 aliphatic rings. The zero-order valence-corrected chi connectivity index (χ0v) is 10.2. The minimum absolute atomic E-state index is 0.0309. The van der Waals surface area contributed by atoms with Gasteiger partial charge in [0, 0.05) is 6.42 Å². The van der Waals surface area contributed by atoms with Crippen LogP contribution in [-0.4, -0.2) is 25.8 Å². The summed E-state index contributed by atoms with van der Waals surface area (Å²) in [6, 6.07) is 3.53. The number of carbonyl (C=O) groups excluding carboxylic acids is 1. The molecule has 0 spiro atoms. The lowest BCUT2D eigenvalue weighted by Crippen LogP contribution is -2.25. The fraction of sp³-hybridized carbons (Fsp3) is 0.545. The van der Waals surface area contributed by atoms with Gasteiger partial charge in [-0.2, -0.15) is 0 Å². The van der Waals surface area contributed by atoms with E-state index < -0.39 is 9.84 Å². The molecule has 1 aromatic heterocycles. The van der Waals surface area contributed by atoms with Crippen LogP contribution in [0.1, 0.15) is 18.6 Å². The average Bonchev–Trinajstić information content (AvgIpc) is 2.85. The number of amides is 1. The lowest BCUT2D eigenvalue weighted by molar-refractivity contribution is -0.122. The molecule has 1 aromatic rings. The maximum absolute atomic E-state index is 11.6. The van der Waals surface area contributed by atoms with Crippen molar-refractivity contribution in [2.45, 2.75) is 19.4 Å². The van der Waals surface area contributed by atoms with Gasteiger partial charge in [-0.25, -0.2) is 8.42 Å². The van der Waals surface area contributed by atoms with E-state index in [1.54, 1.807) is 18.4 Å². The molecule has 1 unspecified atom stereocenters. The van der Waals surface area contributed by atoms with E-state index in [0.29, 0.717) is 18.7 Å². The van der Waals surface area contributed by atoms with Gasteiger partial charge in [0.1, 0.15) is 5.76 Å². The van der Waals surface area contributed by atoms with Crippen LogP contribution in [0.25, 0.3) is 0 Å². The van der Waals surface area contributed by atoms with Gasteiger partial charge in [-0.15, -0.1) is 0 Å². The molecule has 5 nitrogen and oxygen atoms in total. The summed E-state index contributed by atoms with van der Waals surface area (Å²) < 4.78 is 27.5. The summed E-state index contributed by atoms with van der Waals surface area (Å²) in [7, 11) is -2.90. The highest BCUT2D eigenvalue weighted by atomic mass is 32.2. The predicted molar refractivity (Wildman–Crippen MR) is 61.9 cm³/mol. The van der Waals surface area contributed by atoms with E-state index in [0.717, 1.165) is 0 Å². The summed E-state index contributed by atoms with van der Waals surface area (Å²) in [5.74, 6) is 0.891. The second-order valence-corrected chi connectivity index (χ2v) is 6.56. The Bertz CT molecular complexity index is 478. The van der Waals surface area contributed by atoms with Crippen molar-refractivity contribution >= 4 is 15.7 Å². The Labute approximate surface area is 100 Å². The molecule has 1 atom stereocenters. The molecular formula is C11H15NO4S. The SMILES string of the molecule is O=C(CC1CCS(=O)(=O)C1)NCc1ccco1. The van der Waals surface area contributed by atoms with Crippen LogP contribution in [0.4, 0.5) is 0 Å². The van der Waals surface area contributed by atoms with Crippen LogP contribution in [0.5, 0.6) is 0 Å². The van der Waals surface area contributed by atoms with Crippen LogP contribution in [0.15, 0.2) is 22.8 Å². The van der Waals surface area contributed by atoms with Gasteiger partial charge in [-0.1, -0.05) is 0 Å². The van der Waals surface area contributed by atoms with Crippen molar-refractivity contribution in [3.8, 4) is 0 Å². The number of nitrogens with one attached hydrogen (secondary N) is 1. The van der Waals surface area contributed by atoms with Gasteiger partial charge in [0.2, 0.25) is 5.91 Å². The topological polar surface area (TPSA) is 76.4 Å². The lowest BCUT2D eigenvalue weighted by atomic mass is 10.1. The summed E-state index contributed by atoms with van der Waals surface area (Å²) >= 11 is 0. The Morgan fingerprint density at radius 2 is 2.35 bits per heavy atom. The van der Waals surface area contributed by atoms with Crippen LogP contribution in [-0.2, 0) is 21.2 Å². The van der Waals surface area contributed by atoms with Gasteiger partial charge in [0.15, 0.2) is 9.84 Å². The molecule has 2 rings (SSSR count). The minimum Gasteiger partial charge on any atom is -0.467 e. The molecule has 2 heterocycles. The van der Waals surface area contributed by atoms with Crippen molar-refractivity contribution in [2.75, 3.05) is 11.5 Å². The molecule has 94 valence electrons. The molecule has 1 fully saturated rings. The number of sulfone groups is 1. The molecule has 1 N–H and O–H groups in total. The second-order valence-electron chi connectivity index (χ2n) is 4.33. The van der Waals surface area contributed by atoms with E-state index >= 15 is 0 Å². The Morgan fingerprint density at radius 1 is 1.53 bits per heavy atom. The number of carbonyl (C=O) groups is 1. The minimum atomic E-state index is -2.90. The largest absolute Gasteiger partial charge is 0.467 e. The van der Waals surface area contributed by atoms with E-state index in [-0.39, 0.29) is 29.8 Å². The van der Waals surface area contributed by atoms with Gasteiger partial charge in [-0.3, -0.25) is 4.79 Å². The van der Waals surface area contributed by atoms with Gasteiger partial charge in [-0.05, 0) is 24.5 Å². The molecule has 0 aromatic carbocycles. The number of rotatable bonds is 4. The van der Waals surface area contributed by atoms with Crippen LogP contribution < -0.4 is 5.32 Å². The Kier molecular flexibility index (Phi) is 3.51. The first kappa shape index (κ1) is 12.2. The highest BCUT2D eigenvalue weighted by molar-refractivity contribution is 7.91. The third kappa shape index (κ3) is 3.59. The normalized spacial score (nSPS) is 22.5. The molecule has 1 saturated heterocycles. The molecule has 0 radical (unpaired) electrons. The standard InChI is InChI=1S/C11H15NO4S/c13-11(12-7-10-2-1-4-16-10)6-9-3-5-17(14,15)8-9/h1-2,4,9H,3,5-8H2,(H,12,13). The second kappa shape index (κ2) is 4.91. The Morgan fingerprint density at radius 3 is 2.94 bits per heavy atom. The monoisotopic (exact) mass is 257 g/mol. The fourth-order valence-electron chi connectivity index (χ4n) is 1.97. The first-order valence-corrected chi connectivity index (χ1v) is 7.37. The molecule has 1 aliphatic heterocycles. The summed E-state index contributed by atoms with van der Waals surface area (Å²) in [6.07, 6.45) is 2.42. The Balaban J connectivity index is 1.75. The van der Waals surface area contributed by atoms with Crippen LogP contribution in [0, 0.1) is 5.92 Å². The summed E-state index contributed by atoms with van der Waals surface area (Å²) in [5.41, 5.74) is 0. The van der Waals surface area contributed by atoms with Crippen molar-refractivity contribution in [1.82, 2.24) is 5.32 Å². The van der Waals surface area contributed by atoms with E-state index in [4.69, 9.17) is 4.42 Å². The highest BCUT2D eigenvalue weighted by Crippen LogP contribution is 2.21. The highest BCUT2D eigenvalue weighted by Gasteiger charge is 2.29. The van der Waals surface area contributed by atoms with Crippen molar-refractivity contribution < 1.29 is 17.6 Å². The number of hydrogen-bond acceptors (Lipinski definition) is 4. The zero-order chi connectivity index (χ0) is 12.3. The van der Waals surface area contributed by atoms with Gasteiger partial charge >= 0.3 is 0 Å². The van der Waals surface area contributed by atoms with Gasteiger partial charge < -0.3 is 9.73 Å². The molecule has 17 heavy (non-hydrogen) atoms. The predicted octanol–water partition coefficient (Wildman–Crippen LogP) is 0.721. The molecule has 0 aliphatic carbocycles. The Hall–Kier alpha value is -1.30. The van der Waals surface area contributed by atoms with Crippen LogP contribution in [0.2, 0.25) is 0 Å². The van der Waals surface area contributed by atoms with Crippen molar-refractivity contribution in [3.05, 3.63) is 24.2 Å². The first-order valence-electron chi connectivity index (χ1n) is 5.55. The molecular weight excluding hydrogens is 242 g/mol. The van der Waals surface area contributed by atoms with E-state index in [1.807, 2.05) is 0 Å². The summed E-state index contributed by atoms with van der Waals surface area (Å²) in [6.45, 7) is 0.352. The molecule has 1 amide bonds. The van der Waals surface area contributed by atoms with Crippen molar-refractivity contribution in [3.63, 3.8) is 0 Å². The van der Waals surface area contributed by atoms with Crippen molar-refractivity contribution in [1.29, 1.82) is 0 Å². The third-order valence-corrected chi connectivity index (χ3v) is 4.68. The van der Waals surface area contributed by atoms with Gasteiger partial charge in [0.25, 0.3) is 0 Å². The first-order chi connectivity index (χ1) is 8.05. The maximum atomic E-state index is 11.6. The molecule has 6 heteroatoms. The van der Waals surface area contributed by atoms with Crippen LogP contribution >= 0.6 is 0 Å². The smallest absolute Gasteiger partial charge is 0.220 e. The maximum Gasteiger partial charge on any atom is 0.220 e. The number of hydrogen-bond donors (Lipinski definition) is 1. The quantitative estimate of drug-likeness (QED) is 0.862. The zero-order valence-electron chi connectivity index (χ0n) is 9.39. The number of furan rings is 1. The fourth-order valence-corrected chi connectivity index (χ4v) is 3.83. The summed E-state index contributed by atoms with van der Waals surface area (Å²) in [4.78, 5) is 11.6. The van der Waals surface area contributed by atoms with E-state index in [1.165, 1.54) is 0 Å². The molecule has 0 saturated carbocycles. The van der Waals surface area contributed by atoms with Gasteiger partial charge in [0.05, 0.1) is 24.3 Å². The lowest BCUT2D eigenvalue weighted by Gasteiger charge is -2.07. The van der Waals surface area contributed by atoms with E-state index in [9.17, 15) is 13.2 Å². The third-order valence-electron chi connectivity index (χ3n) is 2.84. The molecule has 0 bridgehead atoms.